The number of rotatable bonds is 9. The van der Waals surface area contributed by atoms with Crippen LogP contribution in [-0.4, -0.2) is 30.7 Å². The number of nitrogens with zero attached hydrogens (tertiary/aromatic N) is 1. The van der Waals surface area contributed by atoms with Gasteiger partial charge >= 0.3 is 6.09 Å². The Morgan fingerprint density at radius 2 is 1.62 bits per heavy atom. The number of hydrogen-bond acceptors (Lipinski definition) is 3. The van der Waals surface area contributed by atoms with Crippen LogP contribution in [0.5, 0.6) is 0 Å². The van der Waals surface area contributed by atoms with Crippen LogP contribution in [0, 0.1) is 11.8 Å². The molecule has 0 fully saturated rings. The van der Waals surface area contributed by atoms with E-state index >= 15 is 0 Å². The highest BCUT2D eigenvalue weighted by Gasteiger charge is 2.15. The third kappa shape index (κ3) is 9.47. The van der Waals surface area contributed by atoms with E-state index in [0.717, 1.165) is 15.6 Å². The van der Waals surface area contributed by atoms with Crippen LogP contribution in [0.25, 0.3) is 0 Å². The van der Waals surface area contributed by atoms with Gasteiger partial charge in [-0.05, 0) is 18.1 Å². The van der Waals surface area contributed by atoms with Crippen molar-refractivity contribution in [2.75, 3.05) is 19.7 Å². The predicted octanol–water partition coefficient (Wildman–Crippen LogP) is 5.53. The molecule has 152 valence electrons. The fourth-order valence-electron chi connectivity index (χ4n) is 2.44. The summed E-state index contributed by atoms with van der Waals surface area (Å²) in [6.07, 6.45) is 2.12. The highest BCUT2D eigenvalue weighted by Crippen LogP contribution is 2.10. The molecule has 0 spiro atoms. The Labute approximate surface area is 181 Å². The summed E-state index contributed by atoms with van der Waals surface area (Å²) < 4.78 is 11.9. The molecule has 0 bridgehead atoms. The van der Waals surface area contributed by atoms with Gasteiger partial charge < -0.3 is 14.4 Å². The smallest absolute Gasteiger partial charge is 0.410 e. The lowest BCUT2D eigenvalue weighted by Crippen LogP contribution is -2.33. The molecule has 0 saturated carbocycles. The van der Waals surface area contributed by atoms with Crippen LogP contribution in [-0.2, 0) is 22.7 Å². The maximum absolute atomic E-state index is 12.5. The summed E-state index contributed by atoms with van der Waals surface area (Å²) in [5.74, 6) is 6.06. The molecule has 5 heteroatoms. The van der Waals surface area contributed by atoms with Gasteiger partial charge in [0.15, 0.2) is 0 Å². The number of hydrogen-bond donors (Lipinski definition) is 0. The summed E-state index contributed by atoms with van der Waals surface area (Å²) in [7, 11) is 0. The number of halogens is 1. The minimum Gasteiger partial charge on any atom is -0.445 e. The van der Waals surface area contributed by atoms with Crippen molar-refractivity contribution < 1.29 is 14.3 Å². The number of ether oxygens (including phenoxy) is 2. The van der Waals surface area contributed by atoms with Crippen LogP contribution in [0.2, 0.25) is 0 Å². The lowest BCUT2D eigenvalue weighted by atomic mass is 10.2. The fourth-order valence-corrected chi connectivity index (χ4v) is 2.75. The second-order valence-electron chi connectivity index (χ2n) is 6.28. The second kappa shape index (κ2) is 13.6. The molecular formula is C24H26BrNO3. The molecule has 0 N–H and O–H groups in total. The van der Waals surface area contributed by atoms with Gasteiger partial charge in [-0.15, -0.1) is 0 Å². The number of allylic oxidation sites excluding steroid dienone is 1. The van der Waals surface area contributed by atoms with E-state index in [1.54, 1.807) is 4.90 Å². The van der Waals surface area contributed by atoms with Crippen LogP contribution in [0.3, 0.4) is 0 Å². The highest BCUT2D eigenvalue weighted by atomic mass is 79.9. The third-order valence-corrected chi connectivity index (χ3v) is 4.74. The van der Waals surface area contributed by atoms with E-state index < -0.39 is 0 Å². The fraction of sp³-hybridized carbons (Fsp3) is 0.292. The lowest BCUT2D eigenvalue weighted by molar-refractivity contribution is 0.101. The molecule has 0 aromatic heterocycles. The zero-order valence-electron chi connectivity index (χ0n) is 16.6. The van der Waals surface area contributed by atoms with E-state index in [1.807, 2.05) is 73.7 Å². The SMILES string of the molecule is C/C=C(/Br)CN(CCC#CCOCc1ccccc1)C(=O)OCc1ccccc1. The van der Waals surface area contributed by atoms with Crippen molar-refractivity contribution in [3.8, 4) is 11.8 Å². The molecule has 0 aliphatic rings. The molecule has 2 aromatic rings. The molecule has 29 heavy (non-hydrogen) atoms. The summed E-state index contributed by atoms with van der Waals surface area (Å²) >= 11 is 3.46. The molecule has 4 nitrogen and oxygen atoms in total. The van der Waals surface area contributed by atoms with Gasteiger partial charge in [0.1, 0.15) is 13.2 Å². The highest BCUT2D eigenvalue weighted by molar-refractivity contribution is 9.11. The number of benzene rings is 2. The monoisotopic (exact) mass is 455 g/mol. The van der Waals surface area contributed by atoms with Gasteiger partial charge in [0, 0.05) is 17.4 Å². The second-order valence-corrected chi connectivity index (χ2v) is 7.30. The Kier molecular flexibility index (Phi) is 10.7. The summed E-state index contributed by atoms with van der Waals surface area (Å²) in [5, 5.41) is 0. The molecule has 2 aromatic carbocycles. The zero-order chi connectivity index (χ0) is 20.7. The predicted molar refractivity (Wildman–Crippen MR) is 119 cm³/mol. The normalized spacial score (nSPS) is 10.8. The van der Waals surface area contributed by atoms with E-state index in [4.69, 9.17) is 9.47 Å². The van der Waals surface area contributed by atoms with Gasteiger partial charge in [-0.1, -0.05) is 94.5 Å². The molecule has 0 saturated heterocycles. The summed E-state index contributed by atoms with van der Waals surface area (Å²) in [6.45, 7) is 4.02. The first-order chi connectivity index (χ1) is 14.2. The Balaban J connectivity index is 1.76. The van der Waals surface area contributed by atoms with Crippen LogP contribution in [0.1, 0.15) is 24.5 Å². The quantitative estimate of drug-likeness (QED) is 0.368. The average molecular weight is 456 g/mol. The van der Waals surface area contributed by atoms with Crippen LogP contribution in [0.4, 0.5) is 4.79 Å². The van der Waals surface area contributed by atoms with Crippen LogP contribution >= 0.6 is 15.9 Å². The first-order valence-corrected chi connectivity index (χ1v) is 10.3. The van der Waals surface area contributed by atoms with Crippen molar-refractivity contribution in [1.29, 1.82) is 0 Å². The topological polar surface area (TPSA) is 38.8 Å². The maximum atomic E-state index is 12.5. The standard InChI is InChI=1S/C24H26BrNO3/c1-2-23(25)18-26(24(27)29-20-22-14-8-4-9-15-22)16-10-5-11-17-28-19-21-12-6-3-7-13-21/h2-4,6-9,12-15H,10,16-20H2,1H3/b23-2+. The summed E-state index contributed by atoms with van der Waals surface area (Å²) in [6, 6.07) is 19.6. The molecule has 2 rings (SSSR count). The largest absolute Gasteiger partial charge is 0.445 e. The van der Waals surface area contributed by atoms with Crippen molar-refractivity contribution >= 4 is 22.0 Å². The summed E-state index contributed by atoms with van der Waals surface area (Å²) in [4.78, 5) is 14.1. The Morgan fingerprint density at radius 3 is 2.24 bits per heavy atom. The average Bonchev–Trinajstić information content (AvgIpc) is 2.77. The van der Waals surface area contributed by atoms with E-state index in [2.05, 4.69) is 27.8 Å². The first-order valence-electron chi connectivity index (χ1n) is 9.52. The van der Waals surface area contributed by atoms with E-state index in [-0.39, 0.29) is 12.7 Å². The maximum Gasteiger partial charge on any atom is 0.410 e. The van der Waals surface area contributed by atoms with E-state index in [1.165, 1.54) is 0 Å². The summed E-state index contributed by atoms with van der Waals surface area (Å²) in [5.41, 5.74) is 2.08. The van der Waals surface area contributed by atoms with Crippen molar-refractivity contribution in [1.82, 2.24) is 4.90 Å². The molecule has 1 amide bonds. The molecule has 0 heterocycles. The molecular weight excluding hydrogens is 430 g/mol. The van der Waals surface area contributed by atoms with Crippen molar-refractivity contribution in [2.45, 2.75) is 26.6 Å². The van der Waals surface area contributed by atoms with E-state index in [0.29, 0.717) is 32.7 Å². The number of carbonyl (C=O) groups is 1. The van der Waals surface area contributed by atoms with Crippen LogP contribution in [0.15, 0.2) is 71.2 Å². The first kappa shape index (κ1) is 22.7. The third-order valence-electron chi connectivity index (χ3n) is 4.04. The van der Waals surface area contributed by atoms with E-state index in [9.17, 15) is 4.79 Å². The minimum atomic E-state index is -0.352. The van der Waals surface area contributed by atoms with Crippen molar-refractivity contribution in [3.05, 3.63) is 82.3 Å². The van der Waals surface area contributed by atoms with Gasteiger partial charge in [-0.2, -0.15) is 0 Å². The molecule has 0 radical (unpaired) electrons. The zero-order valence-corrected chi connectivity index (χ0v) is 18.2. The molecule has 0 aliphatic heterocycles. The molecule has 0 unspecified atom stereocenters. The lowest BCUT2D eigenvalue weighted by Gasteiger charge is -2.21. The Morgan fingerprint density at radius 1 is 1.00 bits per heavy atom. The molecule has 0 atom stereocenters. The van der Waals surface area contributed by atoms with Crippen LogP contribution < -0.4 is 0 Å². The number of amides is 1. The van der Waals surface area contributed by atoms with Gasteiger partial charge in [0.2, 0.25) is 0 Å². The minimum absolute atomic E-state index is 0.253. The molecule has 0 aliphatic carbocycles. The van der Waals surface area contributed by atoms with Gasteiger partial charge in [0.05, 0.1) is 13.2 Å². The van der Waals surface area contributed by atoms with Crippen molar-refractivity contribution in [2.24, 2.45) is 0 Å². The van der Waals surface area contributed by atoms with Crippen molar-refractivity contribution in [3.63, 3.8) is 0 Å². The van der Waals surface area contributed by atoms with Gasteiger partial charge in [0.25, 0.3) is 0 Å². The number of carbonyl (C=O) groups excluding carboxylic acids is 1. The Hall–Kier alpha value is -2.55. The van der Waals surface area contributed by atoms with Gasteiger partial charge in [-0.25, -0.2) is 4.79 Å². The Bertz CT molecular complexity index is 825. The van der Waals surface area contributed by atoms with Gasteiger partial charge in [-0.3, -0.25) is 0 Å².